The van der Waals surface area contributed by atoms with Crippen LogP contribution in [0, 0.1) is 20.2 Å². The van der Waals surface area contributed by atoms with Crippen molar-refractivity contribution in [2.24, 2.45) is 0 Å². The van der Waals surface area contributed by atoms with Gasteiger partial charge in [-0.1, -0.05) is 24.3 Å². The molecule has 3 rings (SSSR count). The number of hydrogen-bond acceptors (Lipinski definition) is 12. The molecule has 0 saturated carbocycles. The molecule has 0 atom stereocenters. The number of carbonyl (C=O) groups excluding carboxylic acids is 2. The minimum absolute atomic E-state index is 0.00662. The van der Waals surface area contributed by atoms with E-state index in [9.17, 15) is 48.4 Å². The monoisotopic (exact) mass is 616 g/mol. The van der Waals surface area contributed by atoms with Gasteiger partial charge in [-0.15, -0.1) is 0 Å². The van der Waals surface area contributed by atoms with E-state index in [4.69, 9.17) is 14.0 Å². The number of allylic oxidation sites excluding steroid dienone is 2. The maximum absolute atomic E-state index is 11.9. The summed E-state index contributed by atoms with van der Waals surface area (Å²) in [6.07, 6.45) is 5.44. The van der Waals surface area contributed by atoms with Crippen LogP contribution in [0.15, 0.2) is 71.6 Å². The number of ether oxygens (including phenoxy) is 2. The standard InChI is InChI=1S/C21H20O6.C6H4N2O7S/c1-26-20-11-14(5-9-18(20)24)3-7-16(22)13-17(23)8-4-15-6-10-19(25)21(12-15)27-2;9-7(10)4-1-2-6(16(13,14)15)5(3-4)8(11)12/h3-12,24-25H,13H2,1-2H3;1-3H,(H,13,14,15)/b7-3+,8-4+;. The third-order valence-corrected chi connectivity index (χ3v) is 6.21. The predicted octanol–water partition coefficient (Wildman–Crippen LogP) is 4.12. The zero-order valence-electron chi connectivity index (χ0n) is 22.4. The number of phenolic OH excluding ortho intramolecular Hbond substituents is 2. The van der Waals surface area contributed by atoms with Crippen molar-refractivity contribution in [1.29, 1.82) is 0 Å². The Labute approximate surface area is 244 Å². The number of phenols is 2. The number of nitro benzene ring substituents is 2. The van der Waals surface area contributed by atoms with Crippen molar-refractivity contribution in [2.75, 3.05) is 14.2 Å². The van der Waals surface area contributed by atoms with E-state index in [0.717, 1.165) is 6.07 Å². The Morgan fingerprint density at radius 1 is 0.791 bits per heavy atom. The molecule has 15 nitrogen and oxygen atoms in total. The normalized spacial score (nSPS) is 11.0. The van der Waals surface area contributed by atoms with E-state index in [1.807, 2.05) is 0 Å². The predicted molar refractivity (Wildman–Crippen MR) is 152 cm³/mol. The Bertz CT molecular complexity index is 1640. The summed E-state index contributed by atoms with van der Waals surface area (Å²) in [4.78, 5) is 41.6. The topological polar surface area (TPSA) is 234 Å². The first-order chi connectivity index (χ1) is 20.2. The summed E-state index contributed by atoms with van der Waals surface area (Å²) in [7, 11) is -1.92. The van der Waals surface area contributed by atoms with Gasteiger partial charge in [0.2, 0.25) is 0 Å². The van der Waals surface area contributed by atoms with Crippen LogP contribution in [0.5, 0.6) is 23.0 Å². The first-order valence-electron chi connectivity index (χ1n) is 11.7. The average molecular weight is 617 g/mol. The zero-order chi connectivity index (χ0) is 32.3. The first kappa shape index (κ1) is 33.6. The number of rotatable bonds is 11. The molecule has 0 aliphatic rings. The van der Waals surface area contributed by atoms with Crippen LogP contribution in [0.4, 0.5) is 11.4 Å². The van der Waals surface area contributed by atoms with Gasteiger partial charge in [0.05, 0.1) is 36.6 Å². The molecule has 0 unspecified atom stereocenters. The van der Waals surface area contributed by atoms with Gasteiger partial charge in [-0.25, -0.2) is 0 Å². The number of hydrogen-bond donors (Lipinski definition) is 3. The van der Waals surface area contributed by atoms with Gasteiger partial charge in [0.1, 0.15) is 0 Å². The van der Waals surface area contributed by atoms with E-state index >= 15 is 0 Å². The van der Waals surface area contributed by atoms with Crippen LogP contribution in [0.25, 0.3) is 12.2 Å². The highest BCUT2D eigenvalue weighted by molar-refractivity contribution is 7.86. The average Bonchev–Trinajstić information content (AvgIpc) is 2.95. The molecule has 0 aliphatic heterocycles. The summed E-state index contributed by atoms with van der Waals surface area (Å²) < 4.78 is 40.1. The second-order valence-corrected chi connectivity index (χ2v) is 9.67. The number of nitrogens with zero attached hydrogens (tertiary/aromatic N) is 2. The SMILES string of the molecule is COc1cc(/C=C/C(=O)CC(=O)/C=C/c2ccc(O)c(OC)c2)ccc1O.O=[N+]([O-])c1ccc(S(=O)(=O)O)c([N+](=O)[O-])c1. The third kappa shape index (κ3) is 10.1. The Morgan fingerprint density at radius 3 is 1.63 bits per heavy atom. The van der Waals surface area contributed by atoms with Gasteiger partial charge in [0, 0.05) is 6.07 Å². The lowest BCUT2D eigenvalue weighted by Gasteiger charge is -2.03. The molecule has 0 aliphatic carbocycles. The van der Waals surface area contributed by atoms with Gasteiger partial charge in [0.15, 0.2) is 39.5 Å². The number of carbonyl (C=O) groups is 2. The molecular weight excluding hydrogens is 592 g/mol. The fourth-order valence-electron chi connectivity index (χ4n) is 3.24. The van der Waals surface area contributed by atoms with E-state index in [2.05, 4.69) is 0 Å². The van der Waals surface area contributed by atoms with E-state index in [0.29, 0.717) is 34.8 Å². The van der Waals surface area contributed by atoms with Crippen molar-refractivity contribution in [3.05, 3.63) is 98.1 Å². The van der Waals surface area contributed by atoms with Crippen LogP contribution in [-0.4, -0.2) is 58.8 Å². The lowest BCUT2D eigenvalue weighted by Crippen LogP contribution is -2.04. The fraction of sp³-hybridized carbons (Fsp3) is 0.111. The summed E-state index contributed by atoms with van der Waals surface area (Å²) in [6.45, 7) is 0. The largest absolute Gasteiger partial charge is 0.504 e. The number of methoxy groups -OCH3 is 2. The lowest BCUT2D eigenvalue weighted by molar-refractivity contribution is -0.396. The van der Waals surface area contributed by atoms with Gasteiger partial charge >= 0.3 is 10.1 Å². The Balaban J connectivity index is 0.000000344. The molecule has 3 N–H and O–H groups in total. The van der Waals surface area contributed by atoms with Crippen LogP contribution >= 0.6 is 0 Å². The minimum atomic E-state index is -4.79. The van der Waals surface area contributed by atoms with E-state index in [-0.39, 0.29) is 29.5 Å². The van der Waals surface area contributed by atoms with Crippen molar-refractivity contribution >= 4 is 45.2 Å². The lowest BCUT2D eigenvalue weighted by atomic mass is 10.1. The summed E-state index contributed by atoms with van der Waals surface area (Å²) >= 11 is 0. The molecule has 16 heteroatoms. The van der Waals surface area contributed by atoms with Crippen molar-refractivity contribution in [3.8, 4) is 23.0 Å². The van der Waals surface area contributed by atoms with Gasteiger partial charge in [-0.2, -0.15) is 8.42 Å². The molecule has 0 spiro atoms. The molecule has 0 heterocycles. The summed E-state index contributed by atoms with van der Waals surface area (Å²) in [5.41, 5.74) is -0.356. The highest BCUT2D eigenvalue weighted by atomic mass is 32.2. The Morgan fingerprint density at radius 2 is 1.26 bits per heavy atom. The number of benzene rings is 3. The van der Waals surface area contributed by atoms with E-state index in [1.165, 1.54) is 38.5 Å². The molecule has 3 aromatic carbocycles. The summed E-state index contributed by atoms with van der Waals surface area (Å²) in [5, 5.41) is 39.8. The summed E-state index contributed by atoms with van der Waals surface area (Å²) in [5.74, 6) is -0.0832. The summed E-state index contributed by atoms with van der Waals surface area (Å²) in [6, 6.07) is 11.2. The van der Waals surface area contributed by atoms with Crippen molar-refractivity contribution in [3.63, 3.8) is 0 Å². The maximum atomic E-state index is 11.9. The van der Waals surface area contributed by atoms with E-state index < -0.39 is 36.2 Å². The van der Waals surface area contributed by atoms with Crippen LogP contribution in [0.2, 0.25) is 0 Å². The van der Waals surface area contributed by atoms with Gasteiger partial charge < -0.3 is 19.7 Å². The molecule has 3 aromatic rings. The smallest absolute Gasteiger partial charge is 0.301 e. The van der Waals surface area contributed by atoms with E-state index in [1.54, 1.807) is 36.4 Å². The number of aromatic hydroxyl groups is 2. The quantitative estimate of drug-likeness (QED) is 0.0905. The van der Waals surface area contributed by atoms with Gasteiger partial charge in [-0.3, -0.25) is 34.4 Å². The first-order valence-corrected chi connectivity index (χ1v) is 13.2. The molecule has 0 bridgehead atoms. The molecule has 0 radical (unpaired) electrons. The van der Waals surface area contributed by atoms with Crippen LogP contribution in [-0.2, 0) is 19.7 Å². The molecule has 0 amide bonds. The highest BCUT2D eigenvalue weighted by Gasteiger charge is 2.26. The minimum Gasteiger partial charge on any atom is -0.504 e. The Hall–Kier alpha value is -5.61. The molecule has 226 valence electrons. The van der Waals surface area contributed by atoms with Crippen LogP contribution in [0.3, 0.4) is 0 Å². The van der Waals surface area contributed by atoms with Crippen molar-refractivity contribution < 1.29 is 52.1 Å². The molecular formula is C27H24N2O13S. The van der Waals surface area contributed by atoms with Crippen molar-refractivity contribution in [1.82, 2.24) is 0 Å². The molecule has 0 saturated heterocycles. The maximum Gasteiger partial charge on any atom is 0.301 e. The van der Waals surface area contributed by atoms with Gasteiger partial charge in [-0.05, 0) is 53.6 Å². The van der Waals surface area contributed by atoms with Crippen LogP contribution in [0.1, 0.15) is 17.5 Å². The third-order valence-electron chi connectivity index (χ3n) is 5.31. The van der Waals surface area contributed by atoms with Gasteiger partial charge in [0.25, 0.3) is 11.4 Å². The molecule has 0 fully saturated rings. The second kappa shape index (κ2) is 14.9. The zero-order valence-corrected chi connectivity index (χ0v) is 23.3. The number of non-ortho nitro benzene ring substituents is 1. The number of nitro groups is 2. The second-order valence-electron chi connectivity index (χ2n) is 8.28. The Kier molecular flexibility index (Phi) is 11.6. The highest BCUT2D eigenvalue weighted by Crippen LogP contribution is 2.29. The van der Waals surface area contributed by atoms with Crippen molar-refractivity contribution in [2.45, 2.75) is 11.3 Å². The van der Waals surface area contributed by atoms with Crippen LogP contribution < -0.4 is 9.47 Å². The molecule has 0 aromatic heterocycles. The number of ketones is 2. The fourth-order valence-corrected chi connectivity index (χ4v) is 3.88. The molecule has 43 heavy (non-hydrogen) atoms.